The molecule has 0 aliphatic carbocycles. The second-order valence-electron chi connectivity index (χ2n) is 7.45. The van der Waals surface area contributed by atoms with Gasteiger partial charge in [-0.3, -0.25) is 9.69 Å². The number of carbonyl (C=O) groups excluding carboxylic acids is 1. The third-order valence-corrected chi connectivity index (χ3v) is 4.65. The molecular weight excluding hydrogens is 250 g/mol. The van der Waals surface area contributed by atoms with Crippen LogP contribution in [0.4, 0.5) is 0 Å². The van der Waals surface area contributed by atoms with Gasteiger partial charge in [-0.15, -0.1) is 0 Å². The van der Waals surface area contributed by atoms with Crippen molar-refractivity contribution >= 4 is 5.91 Å². The number of amides is 1. The Kier molecular flexibility index (Phi) is 5.08. The van der Waals surface area contributed by atoms with Crippen LogP contribution in [0, 0.1) is 5.92 Å². The molecule has 0 saturated carbocycles. The van der Waals surface area contributed by atoms with E-state index in [4.69, 9.17) is 0 Å². The summed E-state index contributed by atoms with van der Waals surface area (Å²) >= 11 is 0. The van der Waals surface area contributed by atoms with E-state index in [0.717, 1.165) is 25.6 Å². The largest absolute Gasteiger partial charge is 0.350 e. The van der Waals surface area contributed by atoms with Crippen molar-refractivity contribution < 1.29 is 4.79 Å². The minimum Gasteiger partial charge on any atom is -0.350 e. The molecule has 2 N–H and O–H groups in total. The number of rotatable bonds is 3. The van der Waals surface area contributed by atoms with Gasteiger partial charge in [-0.25, -0.2) is 0 Å². The highest BCUT2D eigenvalue weighted by Crippen LogP contribution is 2.31. The van der Waals surface area contributed by atoms with Crippen molar-refractivity contribution in [2.45, 2.75) is 71.0 Å². The highest BCUT2D eigenvalue weighted by atomic mass is 16.2. The molecule has 2 aliphatic rings. The van der Waals surface area contributed by atoms with E-state index in [1.54, 1.807) is 0 Å². The smallest absolute Gasteiger partial charge is 0.237 e. The molecule has 2 unspecified atom stereocenters. The first-order valence-electron chi connectivity index (χ1n) is 8.17. The number of nitrogens with zero attached hydrogens (tertiary/aromatic N) is 1. The Bertz CT molecular complexity index is 331. The first-order chi connectivity index (χ1) is 9.38. The van der Waals surface area contributed by atoms with Crippen LogP contribution in [-0.2, 0) is 4.79 Å². The Hall–Kier alpha value is -0.610. The lowest BCUT2D eigenvalue weighted by atomic mass is 9.88. The fourth-order valence-corrected chi connectivity index (χ4v) is 3.66. The highest BCUT2D eigenvalue weighted by Gasteiger charge is 2.37. The Morgan fingerprint density at radius 2 is 1.90 bits per heavy atom. The molecule has 0 aromatic carbocycles. The van der Waals surface area contributed by atoms with Crippen LogP contribution in [0.15, 0.2) is 0 Å². The van der Waals surface area contributed by atoms with Gasteiger partial charge < -0.3 is 10.6 Å². The molecule has 2 aliphatic heterocycles. The summed E-state index contributed by atoms with van der Waals surface area (Å²) in [5.74, 6) is 0.946. The number of piperidine rings is 1. The monoisotopic (exact) mass is 281 g/mol. The highest BCUT2D eigenvalue weighted by molar-refractivity contribution is 5.82. The first-order valence-corrected chi connectivity index (χ1v) is 8.17. The lowest BCUT2D eigenvalue weighted by Gasteiger charge is -2.37. The molecule has 4 nitrogen and oxygen atoms in total. The van der Waals surface area contributed by atoms with Crippen molar-refractivity contribution in [2.24, 2.45) is 5.92 Å². The second-order valence-corrected chi connectivity index (χ2v) is 7.45. The predicted octanol–water partition coefficient (Wildman–Crippen LogP) is 1.75. The first kappa shape index (κ1) is 15.8. The van der Waals surface area contributed by atoms with Gasteiger partial charge in [0, 0.05) is 11.6 Å². The zero-order valence-electron chi connectivity index (χ0n) is 13.5. The van der Waals surface area contributed by atoms with Gasteiger partial charge in [0.05, 0.1) is 6.04 Å². The normalized spacial score (nSPS) is 27.5. The summed E-state index contributed by atoms with van der Waals surface area (Å²) in [5, 5.41) is 6.56. The van der Waals surface area contributed by atoms with Gasteiger partial charge >= 0.3 is 0 Å². The van der Waals surface area contributed by atoms with Crippen molar-refractivity contribution in [3.63, 3.8) is 0 Å². The Labute approximate surface area is 123 Å². The number of nitrogens with one attached hydrogen (secondary N) is 2. The summed E-state index contributed by atoms with van der Waals surface area (Å²) in [5.41, 5.74) is -0.144. The van der Waals surface area contributed by atoms with E-state index >= 15 is 0 Å². The number of likely N-dealkylation sites (tertiary alicyclic amines) is 1. The quantitative estimate of drug-likeness (QED) is 0.828. The Morgan fingerprint density at radius 3 is 2.50 bits per heavy atom. The third kappa shape index (κ3) is 3.95. The average molecular weight is 281 g/mol. The van der Waals surface area contributed by atoms with Crippen LogP contribution >= 0.6 is 0 Å². The van der Waals surface area contributed by atoms with Crippen LogP contribution in [0.1, 0.15) is 53.4 Å². The molecule has 2 heterocycles. The lowest BCUT2D eigenvalue weighted by molar-refractivity contribution is -0.128. The molecule has 0 spiro atoms. The number of hydrogen-bond acceptors (Lipinski definition) is 3. The van der Waals surface area contributed by atoms with E-state index in [0.29, 0.717) is 6.04 Å². The third-order valence-electron chi connectivity index (χ3n) is 4.65. The number of hydrogen-bond donors (Lipinski definition) is 2. The maximum Gasteiger partial charge on any atom is 0.237 e. The second kappa shape index (κ2) is 6.44. The summed E-state index contributed by atoms with van der Waals surface area (Å²) in [7, 11) is 0. The van der Waals surface area contributed by atoms with E-state index in [1.165, 1.54) is 25.7 Å². The minimum absolute atomic E-state index is 0.00314. The van der Waals surface area contributed by atoms with Crippen LogP contribution in [-0.4, -0.2) is 48.1 Å². The molecule has 0 radical (unpaired) electrons. The zero-order chi connectivity index (χ0) is 14.8. The minimum atomic E-state index is -0.144. The van der Waals surface area contributed by atoms with E-state index in [-0.39, 0.29) is 17.5 Å². The van der Waals surface area contributed by atoms with Crippen molar-refractivity contribution in [1.29, 1.82) is 0 Å². The summed E-state index contributed by atoms with van der Waals surface area (Å²) in [6.07, 6.45) is 5.02. The SMILES string of the molecule is CC(C(=O)NC(C)(C)C)N1CCCC1C1CCNCC1. The predicted molar refractivity (Wildman–Crippen MR) is 82.7 cm³/mol. The van der Waals surface area contributed by atoms with Gasteiger partial charge in [0.2, 0.25) is 5.91 Å². The van der Waals surface area contributed by atoms with E-state index < -0.39 is 0 Å². The fourth-order valence-electron chi connectivity index (χ4n) is 3.66. The van der Waals surface area contributed by atoms with E-state index in [2.05, 4.69) is 22.5 Å². The molecule has 2 rings (SSSR count). The number of carbonyl (C=O) groups is 1. The standard InChI is InChI=1S/C16H31N3O/c1-12(15(20)18-16(2,3)4)19-11-5-6-14(19)13-7-9-17-10-8-13/h12-14,17H,5-11H2,1-4H3,(H,18,20). The molecule has 2 saturated heterocycles. The van der Waals surface area contributed by atoms with Gasteiger partial charge in [-0.2, -0.15) is 0 Å². The molecule has 0 bridgehead atoms. The molecule has 2 fully saturated rings. The van der Waals surface area contributed by atoms with Crippen LogP contribution in [0.2, 0.25) is 0 Å². The lowest BCUT2D eigenvalue weighted by Crippen LogP contribution is -2.53. The fraction of sp³-hybridized carbons (Fsp3) is 0.938. The van der Waals surface area contributed by atoms with Gasteiger partial charge in [0.25, 0.3) is 0 Å². The van der Waals surface area contributed by atoms with E-state index in [1.807, 2.05) is 20.8 Å². The summed E-state index contributed by atoms with van der Waals surface area (Å²) in [6, 6.07) is 0.606. The molecule has 0 aromatic rings. The van der Waals surface area contributed by atoms with Gasteiger partial charge in [0.1, 0.15) is 0 Å². The van der Waals surface area contributed by atoms with Crippen LogP contribution in [0.5, 0.6) is 0 Å². The Morgan fingerprint density at radius 1 is 1.25 bits per heavy atom. The molecule has 116 valence electrons. The molecule has 1 amide bonds. The molecule has 2 atom stereocenters. The topological polar surface area (TPSA) is 44.4 Å². The van der Waals surface area contributed by atoms with Crippen LogP contribution < -0.4 is 10.6 Å². The Balaban J connectivity index is 1.96. The average Bonchev–Trinajstić information content (AvgIpc) is 2.86. The molecular formula is C16H31N3O. The van der Waals surface area contributed by atoms with Crippen molar-refractivity contribution in [3.05, 3.63) is 0 Å². The van der Waals surface area contributed by atoms with E-state index in [9.17, 15) is 4.79 Å². The zero-order valence-corrected chi connectivity index (χ0v) is 13.5. The van der Waals surface area contributed by atoms with Crippen LogP contribution in [0.3, 0.4) is 0 Å². The molecule has 0 aromatic heterocycles. The molecule has 20 heavy (non-hydrogen) atoms. The maximum atomic E-state index is 12.4. The summed E-state index contributed by atoms with van der Waals surface area (Å²) in [4.78, 5) is 14.9. The van der Waals surface area contributed by atoms with Crippen LogP contribution in [0.25, 0.3) is 0 Å². The summed E-state index contributed by atoms with van der Waals surface area (Å²) in [6.45, 7) is 11.6. The van der Waals surface area contributed by atoms with Gasteiger partial charge in [0.15, 0.2) is 0 Å². The van der Waals surface area contributed by atoms with Crippen molar-refractivity contribution in [1.82, 2.24) is 15.5 Å². The maximum absolute atomic E-state index is 12.4. The molecule has 4 heteroatoms. The van der Waals surface area contributed by atoms with Gasteiger partial charge in [-0.1, -0.05) is 0 Å². The van der Waals surface area contributed by atoms with Crippen molar-refractivity contribution in [3.8, 4) is 0 Å². The summed E-state index contributed by atoms with van der Waals surface area (Å²) < 4.78 is 0. The van der Waals surface area contributed by atoms with Gasteiger partial charge in [-0.05, 0) is 78.9 Å². The van der Waals surface area contributed by atoms with Crippen molar-refractivity contribution in [2.75, 3.05) is 19.6 Å².